The fraction of sp³-hybridized carbons (Fsp3) is 0.344. The molecule has 5 nitrogen and oxygen atoms in total. The van der Waals surface area contributed by atoms with Gasteiger partial charge < -0.3 is 14.8 Å². The maximum atomic E-state index is 13.1. The summed E-state index contributed by atoms with van der Waals surface area (Å²) < 4.78 is 5.09. The van der Waals surface area contributed by atoms with Crippen molar-refractivity contribution in [2.24, 2.45) is 5.92 Å². The predicted octanol–water partition coefficient (Wildman–Crippen LogP) is 5.37. The minimum absolute atomic E-state index is 0.00343. The van der Waals surface area contributed by atoms with E-state index in [0.29, 0.717) is 24.1 Å². The molecule has 3 aromatic rings. The lowest BCUT2D eigenvalue weighted by atomic mass is 9.78. The normalized spacial score (nSPS) is 18.2. The highest BCUT2D eigenvalue weighted by molar-refractivity contribution is 5.93. The van der Waals surface area contributed by atoms with E-state index in [-0.39, 0.29) is 17.2 Å². The van der Waals surface area contributed by atoms with E-state index in [4.69, 9.17) is 4.74 Å². The van der Waals surface area contributed by atoms with Gasteiger partial charge in [-0.3, -0.25) is 4.79 Å². The number of nitrogens with one attached hydrogen (secondary N) is 1. The summed E-state index contributed by atoms with van der Waals surface area (Å²) in [5, 5.41) is 3.02. The molecule has 0 aliphatic carbocycles. The van der Waals surface area contributed by atoms with Crippen molar-refractivity contribution in [3.05, 3.63) is 106 Å². The van der Waals surface area contributed by atoms with Gasteiger partial charge in [0.1, 0.15) is 6.29 Å². The Morgan fingerprint density at radius 1 is 1.03 bits per heavy atom. The van der Waals surface area contributed by atoms with Crippen molar-refractivity contribution >= 4 is 18.2 Å². The molecule has 1 saturated heterocycles. The second-order valence-corrected chi connectivity index (χ2v) is 10.9. The van der Waals surface area contributed by atoms with E-state index in [1.807, 2.05) is 36.4 Å². The van der Waals surface area contributed by atoms with Gasteiger partial charge in [0.15, 0.2) is 0 Å². The third kappa shape index (κ3) is 5.82. The van der Waals surface area contributed by atoms with E-state index >= 15 is 0 Å². The predicted molar refractivity (Wildman–Crippen MR) is 145 cm³/mol. The zero-order valence-electron chi connectivity index (χ0n) is 22.0. The molecule has 5 heteroatoms. The molecule has 37 heavy (non-hydrogen) atoms. The van der Waals surface area contributed by atoms with Gasteiger partial charge in [-0.15, -0.1) is 0 Å². The lowest BCUT2D eigenvalue weighted by molar-refractivity contribution is -0.120. The van der Waals surface area contributed by atoms with E-state index in [1.54, 1.807) is 12.1 Å². The van der Waals surface area contributed by atoms with E-state index in [0.717, 1.165) is 29.4 Å². The Kier molecular flexibility index (Phi) is 7.91. The third-order valence-electron chi connectivity index (χ3n) is 7.38. The van der Waals surface area contributed by atoms with Gasteiger partial charge >= 0.3 is 5.97 Å². The second-order valence-electron chi connectivity index (χ2n) is 10.9. The molecule has 0 aromatic heterocycles. The number of hydrogen-bond donors (Lipinski definition) is 1. The third-order valence-corrected chi connectivity index (χ3v) is 7.38. The van der Waals surface area contributed by atoms with Crippen LogP contribution >= 0.6 is 0 Å². The molecular weight excluding hydrogens is 462 g/mol. The average molecular weight is 498 g/mol. The summed E-state index contributed by atoms with van der Waals surface area (Å²) in [6.45, 7) is 7.01. The Hall–Kier alpha value is -3.73. The first-order valence-electron chi connectivity index (χ1n) is 12.8. The molecule has 0 radical (unpaired) electrons. The first-order valence-corrected chi connectivity index (χ1v) is 12.8. The lowest BCUT2D eigenvalue weighted by Crippen LogP contribution is -2.22. The van der Waals surface area contributed by atoms with E-state index in [1.165, 1.54) is 12.7 Å². The fourth-order valence-corrected chi connectivity index (χ4v) is 5.30. The first kappa shape index (κ1) is 26.3. The topological polar surface area (TPSA) is 72.5 Å². The summed E-state index contributed by atoms with van der Waals surface area (Å²) >= 11 is 0. The number of methoxy groups -OCH3 is 1. The van der Waals surface area contributed by atoms with E-state index in [9.17, 15) is 14.4 Å². The molecule has 192 valence electrons. The van der Waals surface area contributed by atoms with Crippen LogP contribution in [0.3, 0.4) is 0 Å². The molecule has 1 fully saturated rings. The van der Waals surface area contributed by atoms with Crippen LogP contribution in [0.2, 0.25) is 0 Å². The quantitative estimate of drug-likeness (QED) is 0.336. The molecule has 4 rings (SSSR count). The molecule has 3 aromatic carbocycles. The first-order chi connectivity index (χ1) is 17.7. The van der Waals surface area contributed by atoms with Gasteiger partial charge in [0.05, 0.1) is 18.6 Å². The Balaban J connectivity index is 1.73. The summed E-state index contributed by atoms with van der Waals surface area (Å²) in [5.41, 5.74) is 5.11. The number of ether oxygens (including phenoxy) is 1. The molecule has 0 bridgehead atoms. The van der Waals surface area contributed by atoms with Gasteiger partial charge in [0, 0.05) is 12.5 Å². The Morgan fingerprint density at radius 3 is 2.35 bits per heavy atom. The number of rotatable bonds is 8. The van der Waals surface area contributed by atoms with Crippen molar-refractivity contribution in [3.63, 3.8) is 0 Å². The van der Waals surface area contributed by atoms with Gasteiger partial charge in [-0.25, -0.2) is 4.79 Å². The van der Waals surface area contributed by atoms with Crippen molar-refractivity contribution < 1.29 is 19.1 Å². The highest BCUT2D eigenvalue weighted by Gasteiger charge is 2.38. The summed E-state index contributed by atoms with van der Waals surface area (Å²) in [5.74, 6) is -1.38. The number of aldehydes is 1. The number of carbonyl (C=O) groups excluding carboxylic acids is 3. The molecule has 1 aliphatic rings. The molecule has 3 unspecified atom stereocenters. The van der Waals surface area contributed by atoms with Crippen LogP contribution in [0.15, 0.2) is 72.8 Å². The average Bonchev–Trinajstić information content (AvgIpc) is 3.26. The zero-order chi connectivity index (χ0) is 26.6. The van der Waals surface area contributed by atoms with Crippen molar-refractivity contribution in [1.29, 1.82) is 0 Å². The van der Waals surface area contributed by atoms with Crippen molar-refractivity contribution in [2.45, 2.75) is 50.9 Å². The lowest BCUT2D eigenvalue weighted by Gasteiger charge is -2.24. The van der Waals surface area contributed by atoms with Crippen LogP contribution in [-0.4, -0.2) is 31.8 Å². The molecule has 1 aliphatic heterocycles. The Morgan fingerprint density at radius 2 is 1.73 bits per heavy atom. The smallest absolute Gasteiger partial charge is 0.338 e. The summed E-state index contributed by atoms with van der Waals surface area (Å²) in [6, 6.07) is 23.6. The Labute approximate surface area is 219 Å². The molecule has 1 amide bonds. The fourth-order valence-electron chi connectivity index (χ4n) is 5.30. The largest absolute Gasteiger partial charge is 0.465 e. The maximum Gasteiger partial charge on any atom is 0.338 e. The number of benzene rings is 3. The molecule has 0 saturated carbocycles. The number of amides is 1. The number of carbonyl (C=O) groups is 3. The van der Waals surface area contributed by atoms with E-state index < -0.39 is 17.8 Å². The van der Waals surface area contributed by atoms with Gasteiger partial charge in [0.25, 0.3) is 0 Å². The molecule has 1 heterocycles. The van der Waals surface area contributed by atoms with Crippen molar-refractivity contribution in [3.8, 4) is 0 Å². The number of hydrogen-bond acceptors (Lipinski definition) is 4. The second kappa shape index (κ2) is 11.1. The highest BCUT2D eigenvalue weighted by atomic mass is 16.5. The van der Waals surface area contributed by atoms with Crippen LogP contribution in [0.1, 0.15) is 70.8 Å². The Bertz CT molecular complexity index is 1260. The highest BCUT2D eigenvalue weighted by Crippen LogP contribution is 2.37. The van der Waals surface area contributed by atoms with Crippen LogP contribution < -0.4 is 5.32 Å². The standard InChI is InChI=1S/C32H35NO4/c1-32(2,3)25-15-13-22(14-16-25)24(20-34)18-28-26(11-8-12-27(28)31(36)37-4)29-23(19-33-30(29)35)17-21-9-6-5-7-10-21/h5-16,20,23-24,29H,17-19H2,1-4H3,(H,33,35). The molecule has 0 spiro atoms. The SMILES string of the molecule is COC(=O)c1cccc(C2C(=O)NCC2Cc2ccccc2)c1CC(C=O)c1ccc(C(C)(C)C)cc1. The maximum absolute atomic E-state index is 13.1. The summed E-state index contributed by atoms with van der Waals surface area (Å²) in [4.78, 5) is 38.3. The van der Waals surface area contributed by atoms with Crippen molar-refractivity contribution in [2.75, 3.05) is 13.7 Å². The van der Waals surface area contributed by atoms with Crippen LogP contribution in [0.4, 0.5) is 0 Å². The van der Waals surface area contributed by atoms with Crippen LogP contribution in [0.25, 0.3) is 0 Å². The summed E-state index contributed by atoms with van der Waals surface area (Å²) in [7, 11) is 1.35. The van der Waals surface area contributed by atoms with Gasteiger partial charge in [-0.2, -0.15) is 0 Å². The van der Waals surface area contributed by atoms with Gasteiger partial charge in [-0.1, -0.05) is 87.5 Å². The van der Waals surface area contributed by atoms with Crippen molar-refractivity contribution in [1.82, 2.24) is 5.32 Å². The molecule has 1 N–H and O–H groups in total. The van der Waals surface area contributed by atoms with Crippen LogP contribution in [0.5, 0.6) is 0 Å². The van der Waals surface area contributed by atoms with Crippen LogP contribution in [0, 0.1) is 5.92 Å². The zero-order valence-corrected chi connectivity index (χ0v) is 22.0. The number of esters is 1. The monoisotopic (exact) mass is 497 g/mol. The van der Waals surface area contributed by atoms with E-state index in [2.05, 4.69) is 50.4 Å². The van der Waals surface area contributed by atoms with Gasteiger partial charge in [-0.05, 0) is 58.1 Å². The minimum atomic E-state index is -0.470. The van der Waals surface area contributed by atoms with Gasteiger partial charge in [0.2, 0.25) is 5.91 Å². The summed E-state index contributed by atoms with van der Waals surface area (Å²) in [6.07, 6.45) is 1.97. The van der Waals surface area contributed by atoms with Crippen LogP contribution in [-0.2, 0) is 32.6 Å². The molecule has 3 atom stereocenters. The minimum Gasteiger partial charge on any atom is -0.465 e. The molecular formula is C32H35NO4.